The van der Waals surface area contributed by atoms with Crippen LogP contribution in [0.25, 0.3) is 0 Å². The first-order valence-electron chi connectivity index (χ1n) is 4.51. The molecule has 1 fully saturated rings. The van der Waals surface area contributed by atoms with E-state index in [1.807, 2.05) is 0 Å². The van der Waals surface area contributed by atoms with E-state index in [2.05, 4.69) is 4.84 Å². The molecule has 1 unspecified atom stereocenters. The molecule has 0 N–H and O–H groups in total. The standard InChI is InChI=1S/C9H11NO5/c1-5(6(2)11)9(14)15-10-7(12)3-4-8(10)13/h5H,3-4H2,1-2H3. The zero-order valence-electron chi connectivity index (χ0n) is 8.48. The van der Waals surface area contributed by atoms with Gasteiger partial charge in [0, 0.05) is 12.8 Å². The topological polar surface area (TPSA) is 80.8 Å². The molecule has 0 aromatic heterocycles. The molecule has 0 bridgehead atoms. The van der Waals surface area contributed by atoms with Crippen molar-refractivity contribution in [3.63, 3.8) is 0 Å². The van der Waals surface area contributed by atoms with Crippen molar-refractivity contribution in [3.8, 4) is 0 Å². The molecule has 0 aromatic carbocycles. The number of amides is 2. The number of carbonyl (C=O) groups is 4. The van der Waals surface area contributed by atoms with Gasteiger partial charge in [-0.1, -0.05) is 0 Å². The summed E-state index contributed by atoms with van der Waals surface area (Å²) < 4.78 is 0. The summed E-state index contributed by atoms with van der Waals surface area (Å²) >= 11 is 0. The number of imide groups is 1. The Hall–Kier alpha value is -1.72. The normalized spacial score (nSPS) is 17.9. The van der Waals surface area contributed by atoms with Crippen molar-refractivity contribution >= 4 is 23.6 Å². The smallest absolute Gasteiger partial charge is 0.330 e. The largest absolute Gasteiger partial charge is 0.343 e. The molecular formula is C9H11NO5. The molecule has 1 atom stereocenters. The fraction of sp³-hybridized carbons (Fsp3) is 0.556. The molecule has 1 heterocycles. The number of carbonyl (C=O) groups excluding carboxylic acids is 4. The molecule has 6 nitrogen and oxygen atoms in total. The van der Waals surface area contributed by atoms with E-state index in [4.69, 9.17) is 0 Å². The number of nitrogens with zero attached hydrogens (tertiary/aromatic N) is 1. The Bertz CT molecular complexity index is 319. The summed E-state index contributed by atoms with van der Waals surface area (Å²) in [7, 11) is 0. The summed E-state index contributed by atoms with van der Waals surface area (Å²) in [6.45, 7) is 2.59. The van der Waals surface area contributed by atoms with Gasteiger partial charge in [0.15, 0.2) is 0 Å². The van der Waals surface area contributed by atoms with Crippen LogP contribution in [-0.2, 0) is 24.0 Å². The van der Waals surface area contributed by atoms with Gasteiger partial charge in [0.2, 0.25) is 0 Å². The van der Waals surface area contributed by atoms with E-state index in [0.717, 1.165) is 0 Å². The molecule has 0 aromatic rings. The second-order valence-corrected chi connectivity index (χ2v) is 3.32. The lowest BCUT2D eigenvalue weighted by Gasteiger charge is -2.14. The van der Waals surface area contributed by atoms with Gasteiger partial charge in [-0.3, -0.25) is 14.4 Å². The van der Waals surface area contributed by atoms with Crippen LogP contribution in [0.2, 0.25) is 0 Å². The Morgan fingerprint density at radius 2 is 1.73 bits per heavy atom. The van der Waals surface area contributed by atoms with Crippen molar-refractivity contribution in [1.82, 2.24) is 5.06 Å². The monoisotopic (exact) mass is 213 g/mol. The lowest BCUT2D eigenvalue weighted by Crippen LogP contribution is -2.35. The first-order valence-corrected chi connectivity index (χ1v) is 4.51. The number of hydrogen-bond acceptors (Lipinski definition) is 5. The van der Waals surface area contributed by atoms with Crippen LogP contribution in [0, 0.1) is 5.92 Å². The Morgan fingerprint density at radius 3 is 2.13 bits per heavy atom. The first kappa shape index (κ1) is 11.4. The molecule has 0 aliphatic carbocycles. The van der Waals surface area contributed by atoms with Crippen molar-refractivity contribution in [2.75, 3.05) is 0 Å². The zero-order valence-corrected chi connectivity index (χ0v) is 8.48. The van der Waals surface area contributed by atoms with Crippen molar-refractivity contribution in [2.45, 2.75) is 26.7 Å². The summed E-state index contributed by atoms with van der Waals surface area (Å²) in [6, 6.07) is 0. The Kier molecular flexibility index (Phi) is 3.18. The molecule has 1 aliphatic rings. The minimum absolute atomic E-state index is 0.0422. The second-order valence-electron chi connectivity index (χ2n) is 3.32. The van der Waals surface area contributed by atoms with E-state index in [-0.39, 0.29) is 18.6 Å². The van der Waals surface area contributed by atoms with Gasteiger partial charge in [0.25, 0.3) is 11.8 Å². The van der Waals surface area contributed by atoms with Gasteiger partial charge in [-0.2, -0.15) is 0 Å². The van der Waals surface area contributed by atoms with Crippen molar-refractivity contribution < 1.29 is 24.0 Å². The van der Waals surface area contributed by atoms with Crippen LogP contribution in [0.5, 0.6) is 0 Å². The average molecular weight is 213 g/mol. The summed E-state index contributed by atoms with van der Waals surface area (Å²) in [5.74, 6) is -3.33. The average Bonchev–Trinajstić information content (AvgIpc) is 2.47. The molecule has 15 heavy (non-hydrogen) atoms. The Morgan fingerprint density at radius 1 is 1.27 bits per heavy atom. The maximum Gasteiger partial charge on any atom is 0.343 e. The van der Waals surface area contributed by atoms with E-state index in [1.54, 1.807) is 0 Å². The van der Waals surface area contributed by atoms with E-state index in [0.29, 0.717) is 5.06 Å². The van der Waals surface area contributed by atoms with Crippen LogP contribution >= 0.6 is 0 Å². The molecular weight excluding hydrogens is 202 g/mol. The molecule has 6 heteroatoms. The highest BCUT2D eigenvalue weighted by molar-refractivity contribution is 6.03. The van der Waals surface area contributed by atoms with Crippen LogP contribution in [-0.4, -0.2) is 28.6 Å². The van der Waals surface area contributed by atoms with Gasteiger partial charge >= 0.3 is 5.97 Å². The first-order chi connectivity index (χ1) is 6.93. The van der Waals surface area contributed by atoms with Crippen LogP contribution in [0.4, 0.5) is 0 Å². The van der Waals surface area contributed by atoms with Gasteiger partial charge < -0.3 is 4.84 Å². The molecule has 0 saturated carbocycles. The van der Waals surface area contributed by atoms with Crippen LogP contribution in [0.1, 0.15) is 26.7 Å². The highest BCUT2D eigenvalue weighted by atomic mass is 16.7. The predicted molar refractivity (Wildman–Crippen MR) is 47.0 cm³/mol. The fourth-order valence-corrected chi connectivity index (χ4v) is 0.993. The number of hydroxylamine groups is 2. The van der Waals surface area contributed by atoms with Crippen LogP contribution in [0.15, 0.2) is 0 Å². The fourth-order valence-electron chi connectivity index (χ4n) is 0.993. The Balaban J connectivity index is 2.62. The maximum atomic E-state index is 11.2. The molecule has 0 spiro atoms. The lowest BCUT2D eigenvalue weighted by atomic mass is 10.1. The van der Waals surface area contributed by atoms with Gasteiger partial charge in [0.05, 0.1) is 0 Å². The van der Waals surface area contributed by atoms with Gasteiger partial charge in [-0.25, -0.2) is 4.79 Å². The van der Waals surface area contributed by atoms with Crippen LogP contribution in [0.3, 0.4) is 0 Å². The van der Waals surface area contributed by atoms with E-state index < -0.39 is 23.7 Å². The molecule has 0 radical (unpaired) electrons. The minimum Gasteiger partial charge on any atom is -0.330 e. The van der Waals surface area contributed by atoms with Gasteiger partial charge in [-0.05, 0) is 13.8 Å². The highest BCUT2D eigenvalue weighted by Gasteiger charge is 2.34. The molecule has 1 saturated heterocycles. The third-order valence-electron chi connectivity index (χ3n) is 2.15. The Labute approximate surface area is 86.1 Å². The summed E-state index contributed by atoms with van der Waals surface area (Å²) in [5.41, 5.74) is 0. The molecule has 82 valence electrons. The van der Waals surface area contributed by atoms with Gasteiger partial charge in [-0.15, -0.1) is 5.06 Å². The molecule has 1 aliphatic heterocycles. The van der Waals surface area contributed by atoms with Gasteiger partial charge in [0.1, 0.15) is 11.7 Å². The third kappa shape index (κ3) is 2.39. The summed E-state index contributed by atoms with van der Waals surface area (Å²) in [4.78, 5) is 48.7. The number of hydrogen-bond donors (Lipinski definition) is 0. The highest BCUT2D eigenvalue weighted by Crippen LogP contribution is 2.13. The molecule has 1 rings (SSSR count). The summed E-state index contributed by atoms with van der Waals surface area (Å²) in [6.07, 6.45) is 0.0845. The second kappa shape index (κ2) is 4.20. The van der Waals surface area contributed by atoms with E-state index >= 15 is 0 Å². The SMILES string of the molecule is CC(=O)C(C)C(=O)ON1C(=O)CCC1=O. The van der Waals surface area contributed by atoms with E-state index in [1.165, 1.54) is 13.8 Å². The van der Waals surface area contributed by atoms with Crippen molar-refractivity contribution in [3.05, 3.63) is 0 Å². The van der Waals surface area contributed by atoms with Crippen LogP contribution < -0.4 is 0 Å². The maximum absolute atomic E-state index is 11.2. The zero-order chi connectivity index (χ0) is 11.6. The lowest BCUT2D eigenvalue weighted by molar-refractivity contribution is -0.200. The number of Topliss-reactive ketones (excluding diaryl/α,β-unsaturated/α-hetero) is 1. The van der Waals surface area contributed by atoms with Crippen molar-refractivity contribution in [1.29, 1.82) is 0 Å². The predicted octanol–water partition coefficient (Wildman–Crippen LogP) is -0.181. The quantitative estimate of drug-likeness (QED) is 0.479. The third-order valence-corrected chi connectivity index (χ3v) is 2.15. The number of ketones is 1. The van der Waals surface area contributed by atoms with E-state index in [9.17, 15) is 19.2 Å². The molecule has 2 amide bonds. The number of rotatable bonds is 3. The van der Waals surface area contributed by atoms with Crippen molar-refractivity contribution in [2.24, 2.45) is 5.92 Å². The minimum atomic E-state index is -0.966. The summed E-state index contributed by atoms with van der Waals surface area (Å²) in [5, 5.41) is 0.432.